The second-order valence-corrected chi connectivity index (χ2v) is 3.82. The molecule has 1 aromatic heterocycles. The lowest BCUT2D eigenvalue weighted by atomic mass is 10.2. The molecule has 1 unspecified atom stereocenters. The van der Waals surface area contributed by atoms with E-state index in [0.717, 1.165) is 13.0 Å². The zero-order valence-corrected chi connectivity index (χ0v) is 10.6. The summed E-state index contributed by atoms with van der Waals surface area (Å²) in [6, 6.07) is 1.64. The first-order chi connectivity index (χ1) is 8.27. The Hall–Kier alpha value is -1.36. The fourth-order valence-electron chi connectivity index (χ4n) is 1.56. The third-order valence-corrected chi connectivity index (χ3v) is 2.42. The highest BCUT2D eigenvalue weighted by Gasteiger charge is 2.18. The summed E-state index contributed by atoms with van der Waals surface area (Å²) in [5, 5.41) is 7.31. The van der Waals surface area contributed by atoms with Crippen LogP contribution in [-0.2, 0) is 16.1 Å². The molecule has 0 saturated carbocycles. The number of rotatable bonds is 8. The molecule has 0 aliphatic carbocycles. The number of nitrogens with one attached hydrogen (secondary N) is 1. The SMILES string of the molecule is CCCNC(CCn1cccn1)C(=O)OCC. The number of nitrogens with zero attached hydrogens (tertiary/aromatic N) is 2. The highest BCUT2D eigenvalue weighted by atomic mass is 16.5. The van der Waals surface area contributed by atoms with E-state index in [4.69, 9.17) is 4.74 Å². The number of carbonyl (C=O) groups is 1. The summed E-state index contributed by atoms with van der Waals surface area (Å²) in [5.74, 6) is -0.173. The highest BCUT2D eigenvalue weighted by Crippen LogP contribution is 1.99. The molecule has 1 heterocycles. The van der Waals surface area contributed by atoms with E-state index in [-0.39, 0.29) is 12.0 Å². The molecule has 0 radical (unpaired) electrons. The number of carbonyl (C=O) groups excluding carboxylic acids is 1. The predicted molar refractivity (Wildman–Crippen MR) is 65.6 cm³/mol. The summed E-state index contributed by atoms with van der Waals surface area (Å²) in [6.45, 7) is 5.85. The zero-order valence-electron chi connectivity index (χ0n) is 10.6. The van der Waals surface area contributed by atoms with Crippen LogP contribution in [0.25, 0.3) is 0 Å². The van der Waals surface area contributed by atoms with Gasteiger partial charge in [-0.05, 0) is 32.4 Å². The lowest BCUT2D eigenvalue weighted by Gasteiger charge is -2.16. The van der Waals surface area contributed by atoms with Gasteiger partial charge in [0.05, 0.1) is 6.61 Å². The van der Waals surface area contributed by atoms with Gasteiger partial charge in [-0.1, -0.05) is 6.92 Å². The lowest BCUT2D eigenvalue weighted by Crippen LogP contribution is -2.39. The largest absolute Gasteiger partial charge is 0.465 e. The van der Waals surface area contributed by atoms with E-state index in [0.29, 0.717) is 19.6 Å². The van der Waals surface area contributed by atoms with Crippen molar-refractivity contribution in [2.45, 2.75) is 39.3 Å². The summed E-state index contributed by atoms with van der Waals surface area (Å²) in [6.07, 6.45) is 5.32. The van der Waals surface area contributed by atoms with Crippen LogP contribution in [-0.4, -0.2) is 34.9 Å². The van der Waals surface area contributed by atoms with Gasteiger partial charge < -0.3 is 10.1 Å². The van der Waals surface area contributed by atoms with E-state index in [1.807, 2.05) is 23.9 Å². The van der Waals surface area contributed by atoms with Gasteiger partial charge in [0.1, 0.15) is 6.04 Å². The Morgan fingerprint density at radius 3 is 2.94 bits per heavy atom. The molecule has 0 aliphatic rings. The standard InChI is InChI=1S/C12H21N3O2/c1-3-7-13-11(12(16)17-4-2)6-10-15-9-5-8-14-15/h5,8-9,11,13H,3-4,6-7,10H2,1-2H3. The number of hydrogen-bond acceptors (Lipinski definition) is 4. The highest BCUT2D eigenvalue weighted by molar-refractivity contribution is 5.75. The fourth-order valence-corrected chi connectivity index (χ4v) is 1.56. The van der Waals surface area contributed by atoms with Gasteiger partial charge in [0.25, 0.3) is 0 Å². The second kappa shape index (κ2) is 7.84. The van der Waals surface area contributed by atoms with Crippen LogP contribution in [0.3, 0.4) is 0 Å². The van der Waals surface area contributed by atoms with Crippen LogP contribution in [0.4, 0.5) is 0 Å². The first-order valence-corrected chi connectivity index (χ1v) is 6.15. The minimum absolute atomic E-state index is 0.173. The van der Waals surface area contributed by atoms with Gasteiger partial charge in [-0.2, -0.15) is 5.10 Å². The lowest BCUT2D eigenvalue weighted by molar-refractivity contribution is -0.145. The summed E-state index contributed by atoms with van der Waals surface area (Å²) in [5.41, 5.74) is 0. The molecule has 1 atom stereocenters. The van der Waals surface area contributed by atoms with Crippen LogP contribution in [0.1, 0.15) is 26.7 Å². The van der Waals surface area contributed by atoms with Crippen molar-refractivity contribution in [3.8, 4) is 0 Å². The molecule has 0 aromatic carbocycles. The Morgan fingerprint density at radius 2 is 2.35 bits per heavy atom. The van der Waals surface area contributed by atoms with E-state index in [9.17, 15) is 4.79 Å². The topological polar surface area (TPSA) is 56.2 Å². The molecule has 0 bridgehead atoms. The minimum atomic E-state index is -0.237. The molecule has 17 heavy (non-hydrogen) atoms. The summed E-state index contributed by atoms with van der Waals surface area (Å²) in [7, 11) is 0. The van der Waals surface area contributed by atoms with Crippen molar-refractivity contribution in [3.05, 3.63) is 18.5 Å². The number of aromatic nitrogens is 2. The van der Waals surface area contributed by atoms with Crippen LogP contribution in [0.2, 0.25) is 0 Å². The Kier molecular flexibility index (Phi) is 6.32. The van der Waals surface area contributed by atoms with E-state index in [2.05, 4.69) is 17.3 Å². The molecule has 1 N–H and O–H groups in total. The zero-order chi connectivity index (χ0) is 12.5. The van der Waals surface area contributed by atoms with Crippen molar-refractivity contribution in [2.75, 3.05) is 13.2 Å². The van der Waals surface area contributed by atoms with Crippen molar-refractivity contribution in [1.29, 1.82) is 0 Å². The van der Waals surface area contributed by atoms with Gasteiger partial charge in [-0.25, -0.2) is 0 Å². The fraction of sp³-hybridized carbons (Fsp3) is 0.667. The molecule has 1 aromatic rings. The molecule has 0 fully saturated rings. The van der Waals surface area contributed by atoms with Crippen molar-refractivity contribution in [1.82, 2.24) is 15.1 Å². The Labute approximate surface area is 102 Å². The van der Waals surface area contributed by atoms with E-state index in [1.54, 1.807) is 6.20 Å². The van der Waals surface area contributed by atoms with Crippen LogP contribution >= 0.6 is 0 Å². The van der Waals surface area contributed by atoms with Gasteiger partial charge in [-0.3, -0.25) is 9.48 Å². The quantitative estimate of drug-likeness (QED) is 0.693. The molecular formula is C12H21N3O2. The van der Waals surface area contributed by atoms with Gasteiger partial charge in [0, 0.05) is 18.9 Å². The molecule has 96 valence electrons. The van der Waals surface area contributed by atoms with Crippen LogP contribution in [0.15, 0.2) is 18.5 Å². The molecule has 5 heteroatoms. The molecule has 0 saturated heterocycles. The molecule has 5 nitrogen and oxygen atoms in total. The molecule has 0 aliphatic heterocycles. The number of aryl methyl sites for hydroxylation is 1. The summed E-state index contributed by atoms with van der Waals surface area (Å²) >= 11 is 0. The summed E-state index contributed by atoms with van der Waals surface area (Å²) < 4.78 is 6.86. The van der Waals surface area contributed by atoms with Gasteiger partial charge >= 0.3 is 5.97 Å². The van der Waals surface area contributed by atoms with Gasteiger partial charge in [0.15, 0.2) is 0 Å². The molecule has 0 amide bonds. The maximum atomic E-state index is 11.7. The molecule has 0 spiro atoms. The van der Waals surface area contributed by atoms with E-state index >= 15 is 0 Å². The van der Waals surface area contributed by atoms with Gasteiger partial charge in [0.2, 0.25) is 0 Å². The second-order valence-electron chi connectivity index (χ2n) is 3.82. The number of hydrogen-bond donors (Lipinski definition) is 1. The van der Waals surface area contributed by atoms with Crippen molar-refractivity contribution in [2.24, 2.45) is 0 Å². The molecule has 1 rings (SSSR count). The third-order valence-electron chi connectivity index (χ3n) is 2.42. The van der Waals surface area contributed by atoms with Gasteiger partial charge in [-0.15, -0.1) is 0 Å². The van der Waals surface area contributed by atoms with Crippen molar-refractivity contribution >= 4 is 5.97 Å². The average Bonchev–Trinajstić information content (AvgIpc) is 2.82. The monoisotopic (exact) mass is 239 g/mol. The first kappa shape index (κ1) is 13.7. The smallest absolute Gasteiger partial charge is 0.323 e. The maximum Gasteiger partial charge on any atom is 0.323 e. The first-order valence-electron chi connectivity index (χ1n) is 6.15. The molecular weight excluding hydrogens is 218 g/mol. The Balaban J connectivity index is 2.41. The third kappa shape index (κ3) is 4.99. The normalized spacial score (nSPS) is 12.4. The minimum Gasteiger partial charge on any atom is -0.465 e. The van der Waals surface area contributed by atoms with Crippen LogP contribution < -0.4 is 5.32 Å². The Morgan fingerprint density at radius 1 is 1.53 bits per heavy atom. The average molecular weight is 239 g/mol. The van der Waals surface area contributed by atoms with E-state index < -0.39 is 0 Å². The number of ether oxygens (including phenoxy) is 1. The Bertz CT molecular complexity index is 312. The van der Waals surface area contributed by atoms with Crippen molar-refractivity contribution in [3.63, 3.8) is 0 Å². The van der Waals surface area contributed by atoms with Crippen molar-refractivity contribution < 1.29 is 9.53 Å². The predicted octanol–water partition coefficient (Wildman–Crippen LogP) is 1.20. The number of esters is 1. The van der Waals surface area contributed by atoms with Crippen LogP contribution in [0, 0.1) is 0 Å². The van der Waals surface area contributed by atoms with E-state index in [1.165, 1.54) is 0 Å². The van der Waals surface area contributed by atoms with Crippen LogP contribution in [0.5, 0.6) is 0 Å². The maximum absolute atomic E-state index is 11.7. The summed E-state index contributed by atoms with van der Waals surface area (Å²) in [4.78, 5) is 11.7.